The highest BCUT2D eigenvalue weighted by Gasteiger charge is 2.20. The highest BCUT2D eigenvalue weighted by atomic mass is 32.2. The van der Waals surface area contributed by atoms with Crippen LogP contribution in [0.2, 0.25) is 0 Å². The lowest BCUT2D eigenvalue weighted by molar-refractivity contribution is -0.140. The van der Waals surface area contributed by atoms with Gasteiger partial charge in [-0.15, -0.1) is 0 Å². The van der Waals surface area contributed by atoms with Gasteiger partial charge in [0.2, 0.25) is 10.0 Å². The standard InChI is InChI=1S/C5H11NO5S/c1-11-3-4(5(7)8)6-12(2,9)10/h4,6H,3H2,1-2H3,(H,7,8). The van der Waals surface area contributed by atoms with E-state index in [1.54, 1.807) is 0 Å². The molecule has 12 heavy (non-hydrogen) atoms. The molecule has 72 valence electrons. The van der Waals surface area contributed by atoms with Crippen LogP contribution in [0.25, 0.3) is 0 Å². The molecule has 2 N–H and O–H groups in total. The fraction of sp³-hybridized carbons (Fsp3) is 0.800. The molecule has 0 saturated heterocycles. The number of sulfonamides is 1. The van der Waals surface area contributed by atoms with Crippen LogP contribution in [0.4, 0.5) is 0 Å². The summed E-state index contributed by atoms with van der Waals surface area (Å²) in [7, 11) is -2.21. The zero-order valence-corrected chi connectivity index (χ0v) is 7.59. The Labute approximate surface area is 70.6 Å². The third kappa shape index (κ3) is 5.05. The Kier molecular flexibility index (Phi) is 4.15. The van der Waals surface area contributed by atoms with Gasteiger partial charge in [0.05, 0.1) is 12.9 Å². The SMILES string of the molecule is COCC(NS(C)(=O)=O)C(=O)O. The van der Waals surface area contributed by atoms with Gasteiger partial charge in [-0.3, -0.25) is 4.79 Å². The molecule has 0 aromatic heterocycles. The molecule has 0 fully saturated rings. The van der Waals surface area contributed by atoms with Crippen molar-refractivity contribution in [3.05, 3.63) is 0 Å². The van der Waals surface area contributed by atoms with Crippen LogP contribution in [0.15, 0.2) is 0 Å². The summed E-state index contributed by atoms with van der Waals surface area (Å²) in [4.78, 5) is 10.4. The van der Waals surface area contributed by atoms with E-state index >= 15 is 0 Å². The van der Waals surface area contributed by atoms with Crippen molar-refractivity contribution in [3.8, 4) is 0 Å². The van der Waals surface area contributed by atoms with Gasteiger partial charge in [-0.25, -0.2) is 8.42 Å². The highest BCUT2D eigenvalue weighted by molar-refractivity contribution is 7.88. The van der Waals surface area contributed by atoms with E-state index in [-0.39, 0.29) is 6.61 Å². The van der Waals surface area contributed by atoms with Crippen LogP contribution in [0.3, 0.4) is 0 Å². The Hall–Kier alpha value is -0.660. The maximum absolute atomic E-state index is 10.6. The number of hydrogen-bond acceptors (Lipinski definition) is 4. The fourth-order valence-corrected chi connectivity index (χ4v) is 1.27. The fourth-order valence-electron chi connectivity index (χ4n) is 0.581. The molecule has 0 heterocycles. The van der Waals surface area contributed by atoms with Crippen molar-refractivity contribution in [2.75, 3.05) is 20.0 Å². The highest BCUT2D eigenvalue weighted by Crippen LogP contribution is 1.88. The number of ether oxygens (including phenoxy) is 1. The molecule has 7 heteroatoms. The van der Waals surface area contributed by atoms with E-state index in [9.17, 15) is 13.2 Å². The quantitative estimate of drug-likeness (QED) is 0.567. The van der Waals surface area contributed by atoms with Crippen LogP contribution in [0, 0.1) is 0 Å². The third-order valence-corrected chi connectivity index (χ3v) is 1.70. The second-order valence-corrected chi connectivity index (χ2v) is 4.02. The molecule has 0 spiro atoms. The minimum absolute atomic E-state index is 0.192. The van der Waals surface area contributed by atoms with E-state index < -0.39 is 22.0 Å². The summed E-state index contributed by atoms with van der Waals surface area (Å²) < 4.78 is 27.6. The summed E-state index contributed by atoms with van der Waals surface area (Å²) in [6, 6.07) is -1.22. The summed E-state index contributed by atoms with van der Waals surface area (Å²) >= 11 is 0. The minimum atomic E-state index is -3.50. The third-order valence-electron chi connectivity index (χ3n) is 0.988. The number of nitrogens with one attached hydrogen (secondary N) is 1. The normalized spacial score (nSPS) is 14.2. The van der Waals surface area contributed by atoms with Gasteiger partial charge < -0.3 is 9.84 Å². The smallest absolute Gasteiger partial charge is 0.324 e. The summed E-state index contributed by atoms with van der Waals surface area (Å²) in [6.07, 6.45) is 0.888. The lowest BCUT2D eigenvalue weighted by atomic mass is 10.3. The lowest BCUT2D eigenvalue weighted by Crippen LogP contribution is -2.43. The molecule has 1 atom stereocenters. The van der Waals surface area contributed by atoms with Crippen molar-refractivity contribution in [2.45, 2.75) is 6.04 Å². The number of methoxy groups -OCH3 is 1. The molecule has 0 saturated carbocycles. The Morgan fingerprint density at radius 2 is 2.17 bits per heavy atom. The van der Waals surface area contributed by atoms with Gasteiger partial charge in [0.15, 0.2) is 0 Å². The minimum Gasteiger partial charge on any atom is -0.480 e. The van der Waals surface area contributed by atoms with Crippen LogP contribution in [0.1, 0.15) is 0 Å². The van der Waals surface area contributed by atoms with Crippen molar-refractivity contribution < 1.29 is 23.1 Å². The van der Waals surface area contributed by atoms with Gasteiger partial charge in [-0.1, -0.05) is 0 Å². The van der Waals surface area contributed by atoms with E-state index in [1.807, 2.05) is 4.72 Å². The van der Waals surface area contributed by atoms with Crippen molar-refractivity contribution in [3.63, 3.8) is 0 Å². The zero-order chi connectivity index (χ0) is 9.78. The summed E-state index contributed by atoms with van der Waals surface area (Å²) in [5, 5.41) is 8.46. The van der Waals surface area contributed by atoms with Crippen LogP contribution >= 0.6 is 0 Å². The molecule has 0 radical (unpaired) electrons. The molecular formula is C5H11NO5S. The average Bonchev–Trinajstić information content (AvgIpc) is 1.83. The second kappa shape index (κ2) is 4.39. The van der Waals surface area contributed by atoms with E-state index in [0.29, 0.717) is 0 Å². The van der Waals surface area contributed by atoms with Crippen molar-refractivity contribution in [2.24, 2.45) is 0 Å². The van der Waals surface area contributed by atoms with E-state index in [2.05, 4.69) is 4.74 Å². The topological polar surface area (TPSA) is 92.7 Å². The van der Waals surface area contributed by atoms with Crippen molar-refractivity contribution in [1.82, 2.24) is 4.72 Å². The molecule has 0 amide bonds. The second-order valence-electron chi connectivity index (χ2n) is 2.24. The summed E-state index contributed by atoms with van der Waals surface area (Å²) in [6.45, 7) is -0.192. The van der Waals surface area contributed by atoms with E-state index in [0.717, 1.165) is 6.26 Å². The predicted octanol–water partition coefficient (Wildman–Crippen LogP) is -1.36. The van der Waals surface area contributed by atoms with Crippen molar-refractivity contribution in [1.29, 1.82) is 0 Å². The van der Waals surface area contributed by atoms with Gasteiger partial charge in [-0.2, -0.15) is 4.72 Å². The summed E-state index contributed by atoms with van der Waals surface area (Å²) in [5.74, 6) is -1.26. The van der Waals surface area contributed by atoms with Gasteiger partial charge in [0.25, 0.3) is 0 Å². The monoisotopic (exact) mass is 197 g/mol. The zero-order valence-electron chi connectivity index (χ0n) is 6.77. The van der Waals surface area contributed by atoms with Gasteiger partial charge in [0, 0.05) is 7.11 Å². The predicted molar refractivity (Wildman–Crippen MR) is 41.3 cm³/mol. The molecule has 0 rings (SSSR count). The first-order valence-corrected chi connectivity index (χ1v) is 4.95. The molecule has 0 aliphatic rings. The number of carboxylic acids is 1. The van der Waals surface area contributed by atoms with Crippen LogP contribution in [-0.2, 0) is 19.6 Å². The maximum atomic E-state index is 10.6. The molecule has 0 aliphatic carbocycles. The van der Waals surface area contributed by atoms with E-state index in [4.69, 9.17) is 5.11 Å². The molecule has 1 unspecified atom stereocenters. The van der Waals surface area contributed by atoms with Crippen LogP contribution < -0.4 is 4.72 Å². The molecule has 0 aliphatic heterocycles. The number of hydrogen-bond donors (Lipinski definition) is 2. The first kappa shape index (κ1) is 11.3. The summed E-state index contributed by atoms with van der Waals surface area (Å²) in [5.41, 5.74) is 0. The Bertz CT molecular complexity index is 247. The molecule has 0 aromatic carbocycles. The largest absolute Gasteiger partial charge is 0.480 e. The Balaban J connectivity index is 4.24. The number of aliphatic carboxylic acids is 1. The number of carboxylic acid groups (broad SMARTS) is 1. The van der Waals surface area contributed by atoms with Gasteiger partial charge >= 0.3 is 5.97 Å². The van der Waals surface area contributed by atoms with Crippen LogP contribution in [0.5, 0.6) is 0 Å². The van der Waals surface area contributed by atoms with Crippen LogP contribution in [-0.4, -0.2) is 45.5 Å². The van der Waals surface area contributed by atoms with Gasteiger partial charge in [0.1, 0.15) is 6.04 Å². The number of rotatable bonds is 5. The average molecular weight is 197 g/mol. The lowest BCUT2D eigenvalue weighted by Gasteiger charge is -2.10. The van der Waals surface area contributed by atoms with Crippen molar-refractivity contribution >= 4 is 16.0 Å². The number of carbonyl (C=O) groups is 1. The first-order valence-electron chi connectivity index (χ1n) is 3.06. The maximum Gasteiger partial charge on any atom is 0.324 e. The van der Waals surface area contributed by atoms with E-state index in [1.165, 1.54) is 7.11 Å². The van der Waals surface area contributed by atoms with Gasteiger partial charge in [-0.05, 0) is 0 Å². The molecular weight excluding hydrogens is 186 g/mol. The molecule has 0 bridgehead atoms. The first-order chi connectivity index (χ1) is 5.37. The Morgan fingerprint density at radius 1 is 1.67 bits per heavy atom. The molecule has 6 nitrogen and oxygen atoms in total. The molecule has 0 aromatic rings. The Morgan fingerprint density at radius 3 is 2.42 bits per heavy atom.